The molecule has 1 fully saturated rings. The molecule has 2 rings (SSSR count). The number of primary amides is 1. The first-order valence-corrected chi connectivity index (χ1v) is 7.64. The summed E-state index contributed by atoms with van der Waals surface area (Å²) in [6.07, 6.45) is 0.929. The largest absolute Gasteiger partial charge is 0.369 e. The molecule has 1 aliphatic heterocycles. The molecule has 0 spiro atoms. The Balaban J connectivity index is 1.94. The Kier molecular flexibility index (Phi) is 5.51. The zero-order valence-corrected chi connectivity index (χ0v) is 13.4. The van der Waals surface area contributed by atoms with Crippen LogP contribution < -0.4 is 16.4 Å². The Hall–Kier alpha value is -2.90. The van der Waals surface area contributed by atoms with E-state index in [1.807, 2.05) is 0 Å². The van der Waals surface area contributed by atoms with E-state index in [9.17, 15) is 19.2 Å². The summed E-state index contributed by atoms with van der Waals surface area (Å²) >= 11 is 0. The molecule has 0 atom stereocenters. The maximum Gasteiger partial charge on any atom is 0.313 e. The fraction of sp³-hybridized carbons (Fsp3) is 0.375. The molecule has 0 aliphatic carbocycles. The van der Waals surface area contributed by atoms with Gasteiger partial charge in [0.15, 0.2) is 0 Å². The van der Waals surface area contributed by atoms with Crippen LogP contribution in [0, 0.1) is 5.92 Å². The third kappa shape index (κ3) is 4.55. The molecule has 8 nitrogen and oxygen atoms in total. The Bertz CT molecular complexity index is 666. The van der Waals surface area contributed by atoms with Gasteiger partial charge in [-0.05, 0) is 31.0 Å². The predicted molar refractivity (Wildman–Crippen MR) is 87.9 cm³/mol. The van der Waals surface area contributed by atoms with Crippen LogP contribution in [0.5, 0.6) is 0 Å². The third-order valence-electron chi connectivity index (χ3n) is 3.82. The summed E-state index contributed by atoms with van der Waals surface area (Å²) in [7, 11) is 0. The van der Waals surface area contributed by atoms with Gasteiger partial charge in [-0.2, -0.15) is 0 Å². The lowest BCUT2D eigenvalue weighted by Crippen LogP contribution is -2.46. The predicted octanol–water partition coefficient (Wildman–Crippen LogP) is 0.307. The number of benzene rings is 1. The smallest absolute Gasteiger partial charge is 0.313 e. The molecule has 4 N–H and O–H groups in total. The second kappa shape index (κ2) is 7.58. The molecule has 1 aromatic rings. The van der Waals surface area contributed by atoms with Crippen molar-refractivity contribution in [1.82, 2.24) is 4.90 Å². The average Bonchev–Trinajstić information content (AvgIpc) is 2.54. The number of nitrogens with two attached hydrogens (primary N) is 1. The van der Waals surface area contributed by atoms with Crippen LogP contribution in [0.1, 0.15) is 19.8 Å². The van der Waals surface area contributed by atoms with Gasteiger partial charge < -0.3 is 21.3 Å². The summed E-state index contributed by atoms with van der Waals surface area (Å²) in [5.74, 6) is -2.25. The number of likely N-dealkylation sites (tertiary alicyclic amines) is 1. The molecule has 0 radical (unpaired) electrons. The second-order valence-corrected chi connectivity index (χ2v) is 5.68. The number of amides is 4. The second-order valence-electron chi connectivity index (χ2n) is 5.68. The molecule has 1 aromatic carbocycles. The summed E-state index contributed by atoms with van der Waals surface area (Å²) in [6.45, 7) is 2.03. The van der Waals surface area contributed by atoms with Gasteiger partial charge in [-0.15, -0.1) is 0 Å². The topological polar surface area (TPSA) is 122 Å². The molecule has 0 aromatic heterocycles. The van der Waals surface area contributed by atoms with Gasteiger partial charge in [-0.1, -0.05) is 6.07 Å². The zero-order chi connectivity index (χ0) is 17.7. The van der Waals surface area contributed by atoms with Crippen molar-refractivity contribution >= 4 is 35.0 Å². The molecule has 24 heavy (non-hydrogen) atoms. The van der Waals surface area contributed by atoms with E-state index in [-0.39, 0.29) is 17.7 Å². The normalized spacial score (nSPS) is 14.8. The van der Waals surface area contributed by atoms with Crippen LogP contribution in [0.3, 0.4) is 0 Å². The number of rotatable bonds is 3. The van der Waals surface area contributed by atoms with Gasteiger partial charge in [0.2, 0.25) is 11.8 Å². The number of carbonyl (C=O) groups is 4. The van der Waals surface area contributed by atoms with Gasteiger partial charge in [-0.25, -0.2) is 0 Å². The third-order valence-corrected chi connectivity index (χ3v) is 3.82. The van der Waals surface area contributed by atoms with Crippen molar-refractivity contribution in [2.24, 2.45) is 11.7 Å². The summed E-state index contributed by atoms with van der Waals surface area (Å²) in [4.78, 5) is 47.8. The number of hydrogen-bond donors (Lipinski definition) is 3. The standard InChI is InChI=1S/C16H20N4O4/c1-10(21)18-12-3-2-4-13(9-12)19-15(23)16(24)20-7-5-11(6-8-20)14(17)22/h2-4,9,11H,5-8H2,1H3,(H2,17,22)(H,18,21)(H,19,23). The highest BCUT2D eigenvalue weighted by atomic mass is 16.2. The number of nitrogens with one attached hydrogen (secondary N) is 2. The highest BCUT2D eigenvalue weighted by Crippen LogP contribution is 2.18. The Labute approximate surface area is 139 Å². The van der Waals surface area contributed by atoms with Crippen molar-refractivity contribution in [3.8, 4) is 0 Å². The maximum atomic E-state index is 12.2. The van der Waals surface area contributed by atoms with Crippen LogP contribution in [0.15, 0.2) is 24.3 Å². The number of nitrogens with zero attached hydrogens (tertiary/aromatic N) is 1. The van der Waals surface area contributed by atoms with Crippen molar-refractivity contribution < 1.29 is 19.2 Å². The number of carbonyl (C=O) groups excluding carboxylic acids is 4. The van der Waals surface area contributed by atoms with Crippen LogP contribution in [0.2, 0.25) is 0 Å². The van der Waals surface area contributed by atoms with Crippen molar-refractivity contribution in [3.05, 3.63) is 24.3 Å². The van der Waals surface area contributed by atoms with E-state index in [2.05, 4.69) is 10.6 Å². The molecular weight excluding hydrogens is 312 g/mol. The summed E-state index contributed by atoms with van der Waals surface area (Å²) in [6, 6.07) is 6.51. The van der Waals surface area contributed by atoms with E-state index in [1.165, 1.54) is 11.8 Å². The van der Waals surface area contributed by atoms with Crippen LogP contribution in [0.4, 0.5) is 11.4 Å². The molecule has 1 heterocycles. The SMILES string of the molecule is CC(=O)Nc1cccc(NC(=O)C(=O)N2CCC(C(N)=O)CC2)c1. The van der Waals surface area contributed by atoms with E-state index >= 15 is 0 Å². The minimum atomic E-state index is -0.757. The summed E-state index contributed by atoms with van der Waals surface area (Å²) in [5.41, 5.74) is 6.18. The van der Waals surface area contributed by atoms with Crippen LogP contribution in [-0.2, 0) is 19.2 Å². The number of hydrogen-bond acceptors (Lipinski definition) is 4. The van der Waals surface area contributed by atoms with E-state index in [0.29, 0.717) is 37.3 Å². The summed E-state index contributed by atoms with van der Waals surface area (Å²) < 4.78 is 0. The van der Waals surface area contributed by atoms with E-state index in [0.717, 1.165) is 0 Å². The van der Waals surface area contributed by atoms with Crippen LogP contribution in [0.25, 0.3) is 0 Å². The average molecular weight is 332 g/mol. The Morgan fingerprint density at radius 1 is 1.08 bits per heavy atom. The first kappa shape index (κ1) is 17.5. The summed E-state index contributed by atoms with van der Waals surface area (Å²) in [5, 5.41) is 5.11. The van der Waals surface area contributed by atoms with Gasteiger partial charge in [0.1, 0.15) is 0 Å². The fourth-order valence-corrected chi connectivity index (χ4v) is 2.57. The Morgan fingerprint density at radius 2 is 1.67 bits per heavy atom. The maximum absolute atomic E-state index is 12.2. The molecule has 1 saturated heterocycles. The quantitative estimate of drug-likeness (QED) is 0.689. The monoisotopic (exact) mass is 332 g/mol. The van der Waals surface area contributed by atoms with Gasteiger partial charge in [0.25, 0.3) is 0 Å². The number of anilines is 2. The van der Waals surface area contributed by atoms with Crippen molar-refractivity contribution in [3.63, 3.8) is 0 Å². The Morgan fingerprint density at radius 3 is 2.21 bits per heavy atom. The molecule has 1 aliphatic rings. The van der Waals surface area contributed by atoms with Gasteiger partial charge >= 0.3 is 11.8 Å². The lowest BCUT2D eigenvalue weighted by molar-refractivity contribution is -0.144. The van der Waals surface area contributed by atoms with E-state index in [1.54, 1.807) is 24.3 Å². The molecular formula is C16H20N4O4. The highest BCUT2D eigenvalue weighted by molar-refractivity contribution is 6.39. The highest BCUT2D eigenvalue weighted by Gasteiger charge is 2.29. The molecule has 128 valence electrons. The van der Waals surface area contributed by atoms with Crippen LogP contribution >= 0.6 is 0 Å². The molecule has 0 bridgehead atoms. The molecule has 0 unspecified atom stereocenters. The lowest BCUT2D eigenvalue weighted by atomic mass is 9.96. The van der Waals surface area contributed by atoms with Gasteiger partial charge in [0.05, 0.1) is 0 Å². The zero-order valence-electron chi connectivity index (χ0n) is 13.4. The molecule has 4 amide bonds. The van der Waals surface area contributed by atoms with Gasteiger partial charge in [-0.3, -0.25) is 19.2 Å². The number of piperidine rings is 1. The van der Waals surface area contributed by atoms with Crippen molar-refractivity contribution in [2.75, 3.05) is 23.7 Å². The first-order chi connectivity index (χ1) is 11.4. The molecule has 0 saturated carbocycles. The van der Waals surface area contributed by atoms with Gasteiger partial charge in [0, 0.05) is 37.3 Å². The minimum absolute atomic E-state index is 0.230. The fourth-order valence-electron chi connectivity index (χ4n) is 2.57. The molecule has 8 heteroatoms. The van der Waals surface area contributed by atoms with Crippen molar-refractivity contribution in [1.29, 1.82) is 0 Å². The first-order valence-electron chi connectivity index (χ1n) is 7.64. The van der Waals surface area contributed by atoms with E-state index < -0.39 is 11.8 Å². The van der Waals surface area contributed by atoms with Crippen molar-refractivity contribution in [2.45, 2.75) is 19.8 Å². The minimum Gasteiger partial charge on any atom is -0.369 e. The van der Waals surface area contributed by atoms with E-state index in [4.69, 9.17) is 5.73 Å². The lowest BCUT2D eigenvalue weighted by Gasteiger charge is -2.29. The van der Waals surface area contributed by atoms with Crippen LogP contribution in [-0.4, -0.2) is 41.6 Å².